The van der Waals surface area contributed by atoms with Crippen molar-refractivity contribution in [3.63, 3.8) is 0 Å². The van der Waals surface area contributed by atoms with Gasteiger partial charge >= 0.3 is 0 Å². The van der Waals surface area contributed by atoms with Gasteiger partial charge < -0.3 is 4.74 Å². The fraction of sp³-hybridized carbons (Fsp3) is 0.188. The van der Waals surface area contributed by atoms with E-state index in [-0.39, 0.29) is 5.91 Å². The third kappa shape index (κ3) is 3.75. The number of rotatable bonds is 5. The highest BCUT2D eigenvalue weighted by Gasteiger charge is 2.04. The van der Waals surface area contributed by atoms with Crippen LogP contribution in [0, 0.1) is 6.92 Å². The van der Waals surface area contributed by atoms with Gasteiger partial charge in [0, 0.05) is 0 Å². The van der Waals surface area contributed by atoms with Crippen LogP contribution >= 0.6 is 0 Å². The number of amides is 1. The lowest BCUT2D eigenvalue weighted by atomic mass is 10.1. The van der Waals surface area contributed by atoms with Crippen LogP contribution in [0.5, 0.6) is 5.75 Å². The Labute approximate surface area is 118 Å². The summed E-state index contributed by atoms with van der Waals surface area (Å²) < 4.78 is 5.08. The summed E-state index contributed by atoms with van der Waals surface area (Å²) in [7, 11) is 1.62. The van der Waals surface area contributed by atoms with Crippen LogP contribution in [0.15, 0.2) is 48.5 Å². The molecule has 0 radical (unpaired) electrons. The fourth-order valence-electron chi connectivity index (χ4n) is 1.82. The van der Waals surface area contributed by atoms with E-state index in [0.717, 1.165) is 22.6 Å². The third-order valence-corrected chi connectivity index (χ3v) is 3.01. The van der Waals surface area contributed by atoms with Gasteiger partial charge in [0.1, 0.15) is 5.75 Å². The number of benzene rings is 2. The third-order valence-electron chi connectivity index (χ3n) is 3.01. The summed E-state index contributed by atoms with van der Waals surface area (Å²) in [6.07, 6.45) is 0.322. The van der Waals surface area contributed by atoms with Crippen molar-refractivity contribution in [3.05, 3.63) is 59.7 Å². The van der Waals surface area contributed by atoms with E-state index in [1.165, 1.54) is 0 Å². The maximum atomic E-state index is 11.8. The summed E-state index contributed by atoms with van der Waals surface area (Å²) in [5.74, 6) is 0.700. The van der Waals surface area contributed by atoms with Crippen molar-refractivity contribution in [2.24, 2.45) is 0 Å². The van der Waals surface area contributed by atoms with E-state index in [9.17, 15) is 4.79 Å². The van der Waals surface area contributed by atoms with Crippen LogP contribution in [0.2, 0.25) is 0 Å². The fourth-order valence-corrected chi connectivity index (χ4v) is 1.82. The molecular formula is C16H18N2O2. The van der Waals surface area contributed by atoms with Gasteiger partial charge in [0.2, 0.25) is 5.91 Å². The summed E-state index contributed by atoms with van der Waals surface area (Å²) in [4.78, 5) is 11.8. The van der Waals surface area contributed by atoms with Crippen LogP contribution in [0.3, 0.4) is 0 Å². The average Bonchev–Trinajstić information content (AvgIpc) is 2.47. The minimum Gasteiger partial charge on any atom is -0.497 e. The number of nitrogens with one attached hydrogen (secondary N) is 2. The van der Waals surface area contributed by atoms with Crippen molar-refractivity contribution < 1.29 is 9.53 Å². The average molecular weight is 270 g/mol. The minimum atomic E-state index is -0.0848. The van der Waals surface area contributed by atoms with Gasteiger partial charge in [-0.05, 0) is 36.2 Å². The number of hydrogen-bond donors (Lipinski definition) is 2. The normalized spacial score (nSPS) is 9.90. The second-order valence-electron chi connectivity index (χ2n) is 4.51. The van der Waals surface area contributed by atoms with E-state index < -0.39 is 0 Å². The number of methoxy groups -OCH3 is 1. The molecule has 2 aromatic rings. The highest BCUT2D eigenvalue weighted by atomic mass is 16.5. The number of hydrazine groups is 1. The molecule has 104 valence electrons. The number of carbonyl (C=O) groups excluding carboxylic acids is 1. The second kappa shape index (κ2) is 6.61. The van der Waals surface area contributed by atoms with Gasteiger partial charge in [0.15, 0.2) is 0 Å². The van der Waals surface area contributed by atoms with Crippen molar-refractivity contribution >= 4 is 11.6 Å². The summed E-state index contributed by atoms with van der Waals surface area (Å²) in [6, 6.07) is 15.2. The highest BCUT2D eigenvalue weighted by Crippen LogP contribution is 2.13. The minimum absolute atomic E-state index is 0.0848. The van der Waals surface area contributed by atoms with Crippen LogP contribution < -0.4 is 15.6 Å². The SMILES string of the molecule is COc1ccc(CC(=O)NNc2ccccc2C)cc1. The Morgan fingerprint density at radius 1 is 1.10 bits per heavy atom. The van der Waals surface area contributed by atoms with E-state index in [4.69, 9.17) is 4.74 Å². The van der Waals surface area contributed by atoms with Crippen molar-refractivity contribution in [1.29, 1.82) is 0 Å². The number of ether oxygens (including phenoxy) is 1. The highest BCUT2D eigenvalue weighted by molar-refractivity contribution is 5.80. The van der Waals surface area contributed by atoms with E-state index in [2.05, 4.69) is 10.9 Å². The van der Waals surface area contributed by atoms with Crippen molar-refractivity contribution in [2.45, 2.75) is 13.3 Å². The molecule has 0 aliphatic carbocycles. The van der Waals surface area contributed by atoms with Gasteiger partial charge in [-0.1, -0.05) is 30.3 Å². The zero-order valence-electron chi connectivity index (χ0n) is 11.6. The van der Waals surface area contributed by atoms with Gasteiger partial charge in [-0.15, -0.1) is 0 Å². The first-order chi connectivity index (χ1) is 9.69. The van der Waals surface area contributed by atoms with Crippen LogP contribution in [0.1, 0.15) is 11.1 Å². The molecule has 2 rings (SSSR count). The maximum absolute atomic E-state index is 11.8. The number of hydrogen-bond acceptors (Lipinski definition) is 3. The number of carbonyl (C=O) groups is 1. The van der Waals surface area contributed by atoms with E-state index >= 15 is 0 Å². The van der Waals surface area contributed by atoms with Gasteiger partial charge in [0.25, 0.3) is 0 Å². The predicted octanol–water partition coefficient (Wildman–Crippen LogP) is 2.69. The van der Waals surface area contributed by atoms with E-state index in [0.29, 0.717) is 6.42 Å². The molecule has 0 spiro atoms. The lowest BCUT2D eigenvalue weighted by molar-refractivity contribution is -0.119. The Morgan fingerprint density at radius 3 is 2.45 bits per heavy atom. The Balaban J connectivity index is 1.87. The summed E-state index contributed by atoms with van der Waals surface area (Å²) >= 11 is 0. The molecule has 0 saturated carbocycles. The monoisotopic (exact) mass is 270 g/mol. The molecule has 0 aliphatic heterocycles. The van der Waals surface area contributed by atoms with Crippen LogP contribution in [-0.2, 0) is 11.2 Å². The Morgan fingerprint density at radius 2 is 1.80 bits per heavy atom. The first kappa shape index (κ1) is 13.9. The molecule has 0 unspecified atom stereocenters. The summed E-state index contributed by atoms with van der Waals surface area (Å²) in [5, 5.41) is 0. The van der Waals surface area contributed by atoms with Gasteiger partial charge in [0.05, 0.1) is 19.2 Å². The van der Waals surface area contributed by atoms with Crippen LogP contribution in [-0.4, -0.2) is 13.0 Å². The molecule has 0 heterocycles. The zero-order valence-corrected chi connectivity index (χ0v) is 11.6. The molecule has 0 bridgehead atoms. The molecule has 0 aliphatic rings. The molecule has 0 fully saturated rings. The van der Waals surface area contributed by atoms with Crippen molar-refractivity contribution in [1.82, 2.24) is 5.43 Å². The molecular weight excluding hydrogens is 252 g/mol. The molecule has 4 heteroatoms. The van der Waals surface area contributed by atoms with Crippen molar-refractivity contribution in [3.8, 4) is 5.75 Å². The quantitative estimate of drug-likeness (QED) is 0.821. The number of aryl methyl sites for hydroxylation is 1. The number of para-hydroxylation sites is 1. The Bertz CT molecular complexity index is 579. The van der Waals surface area contributed by atoms with Gasteiger partial charge in [-0.25, -0.2) is 0 Å². The maximum Gasteiger partial charge on any atom is 0.242 e. The molecule has 4 nitrogen and oxygen atoms in total. The molecule has 0 aromatic heterocycles. The van der Waals surface area contributed by atoms with Crippen molar-refractivity contribution in [2.75, 3.05) is 12.5 Å². The Kier molecular flexibility index (Phi) is 4.60. The van der Waals surface area contributed by atoms with Gasteiger partial charge in [-0.3, -0.25) is 15.6 Å². The van der Waals surface area contributed by atoms with E-state index in [1.54, 1.807) is 7.11 Å². The lowest BCUT2D eigenvalue weighted by Gasteiger charge is -2.10. The molecule has 2 N–H and O–H groups in total. The van der Waals surface area contributed by atoms with Crippen LogP contribution in [0.25, 0.3) is 0 Å². The second-order valence-corrected chi connectivity index (χ2v) is 4.51. The predicted molar refractivity (Wildman–Crippen MR) is 79.6 cm³/mol. The van der Waals surface area contributed by atoms with E-state index in [1.807, 2.05) is 55.5 Å². The first-order valence-corrected chi connectivity index (χ1v) is 6.42. The summed E-state index contributed by atoms with van der Waals surface area (Å²) in [6.45, 7) is 1.98. The Hall–Kier alpha value is -2.49. The standard InChI is InChI=1S/C16H18N2O2/c1-12-5-3-4-6-15(12)17-18-16(19)11-13-7-9-14(20-2)10-8-13/h3-10,17H,11H2,1-2H3,(H,18,19). The lowest BCUT2D eigenvalue weighted by Crippen LogP contribution is -2.31. The molecule has 0 saturated heterocycles. The molecule has 2 aromatic carbocycles. The molecule has 1 amide bonds. The summed E-state index contributed by atoms with van der Waals surface area (Å²) in [5.41, 5.74) is 8.55. The smallest absolute Gasteiger partial charge is 0.242 e. The zero-order chi connectivity index (χ0) is 14.4. The van der Waals surface area contributed by atoms with Crippen LogP contribution in [0.4, 0.5) is 5.69 Å². The topological polar surface area (TPSA) is 50.4 Å². The molecule has 0 atom stereocenters. The van der Waals surface area contributed by atoms with Gasteiger partial charge in [-0.2, -0.15) is 0 Å². The first-order valence-electron chi connectivity index (χ1n) is 6.42. The largest absolute Gasteiger partial charge is 0.497 e. The molecule has 20 heavy (non-hydrogen) atoms. The number of anilines is 1.